The van der Waals surface area contributed by atoms with Gasteiger partial charge < -0.3 is 28.4 Å². The molecule has 0 unspecified atom stereocenters. The van der Waals surface area contributed by atoms with Crippen LogP contribution in [0.15, 0.2) is 46.9 Å². The Morgan fingerprint density at radius 1 is 0.875 bits per heavy atom. The number of carbonyl (C=O) groups is 4. The van der Waals surface area contributed by atoms with Gasteiger partial charge >= 0.3 is 23.9 Å². The Kier molecular flexibility index (Phi) is 9.38. The van der Waals surface area contributed by atoms with Crippen LogP contribution in [0.2, 0.25) is 0 Å². The van der Waals surface area contributed by atoms with Gasteiger partial charge in [0.15, 0.2) is 12.2 Å². The lowest BCUT2D eigenvalue weighted by Gasteiger charge is -2.44. The molecule has 40 heavy (non-hydrogen) atoms. The molecule has 1 aromatic heterocycles. The number of para-hydroxylation sites is 1. The van der Waals surface area contributed by atoms with Gasteiger partial charge in [-0.3, -0.25) is 19.2 Å². The number of thiazole rings is 1. The summed E-state index contributed by atoms with van der Waals surface area (Å²) < 4.78 is 35.6. The lowest BCUT2D eigenvalue weighted by Crippen LogP contribution is -2.63. The second kappa shape index (κ2) is 12.7. The van der Waals surface area contributed by atoms with Crippen LogP contribution in [-0.4, -0.2) is 66.2 Å². The summed E-state index contributed by atoms with van der Waals surface area (Å²) in [5.41, 5.74) is 1.42. The van der Waals surface area contributed by atoms with Gasteiger partial charge in [0.1, 0.15) is 23.5 Å². The Bertz CT molecular complexity index is 1390. The molecule has 1 aliphatic rings. The van der Waals surface area contributed by atoms with Gasteiger partial charge in [0, 0.05) is 32.2 Å². The monoisotopic (exact) mass is 635 g/mol. The molecule has 0 bridgehead atoms. The lowest BCUT2D eigenvalue weighted by atomic mass is 9.98. The van der Waals surface area contributed by atoms with Gasteiger partial charge in [0.2, 0.25) is 12.4 Å². The number of aromatic nitrogens is 1. The van der Waals surface area contributed by atoms with Gasteiger partial charge in [0.25, 0.3) is 0 Å². The lowest BCUT2D eigenvalue weighted by molar-refractivity contribution is -0.288. The molecule has 4 rings (SSSR count). The molecule has 1 fully saturated rings. The van der Waals surface area contributed by atoms with Gasteiger partial charge in [-0.25, -0.2) is 4.98 Å². The number of nitrogens with zero attached hydrogens (tertiary/aromatic N) is 1. The van der Waals surface area contributed by atoms with E-state index < -0.39 is 54.6 Å². The molecular weight excluding hydrogens is 610 g/mol. The molecule has 5 atom stereocenters. The Balaban J connectivity index is 1.76. The second-order valence-electron chi connectivity index (χ2n) is 8.81. The molecule has 0 aliphatic carbocycles. The SMILES string of the molecule is CC(=O)OC[C@H]1O[C@@H](Oc2ccc(Br)cc2-c2nc3ccccc3s2)[C@H](OC(C)=O)[C@@H](OC(C)=O)[C@H]1OC(C)=O. The van der Waals surface area contributed by atoms with Gasteiger partial charge in [0.05, 0.1) is 15.8 Å². The number of carbonyl (C=O) groups excluding carboxylic acids is 4. The highest BCUT2D eigenvalue weighted by Gasteiger charge is 2.53. The first-order valence-corrected chi connectivity index (χ1v) is 13.8. The fourth-order valence-electron chi connectivity index (χ4n) is 4.17. The Morgan fingerprint density at radius 2 is 1.52 bits per heavy atom. The zero-order valence-corrected chi connectivity index (χ0v) is 24.4. The Morgan fingerprint density at radius 3 is 2.17 bits per heavy atom. The third-order valence-corrected chi connectivity index (χ3v) is 7.22. The molecule has 212 valence electrons. The number of ether oxygens (including phenoxy) is 6. The fraction of sp³-hybridized carbons (Fsp3) is 0.370. The number of halogens is 1. The number of benzene rings is 2. The van der Waals surface area contributed by atoms with Crippen molar-refractivity contribution < 1.29 is 47.6 Å². The first kappa shape index (κ1) is 29.4. The smallest absolute Gasteiger partial charge is 0.303 e. The quantitative estimate of drug-likeness (QED) is 0.260. The minimum absolute atomic E-state index is 0.322. The van der Waals surface area contributed by atoms with Gasteiger partial charge in [-0.1, -0.05) is 28.1 Å². The maximum Gasteiger partial charge on any atom is 0.303 e. The van der Waals surface area contributed by atoms with E-state index in [9.17, 15) is 19.2 Å². The maximum absolute atomic E-state index is 12.1. The van der Waals surface area contributed by atoms with Gasteiger partial charge in [-0.15, -0.1) is 11.3 Å². The Labute approximate surface area is 241 Å². The average Bonchev–Trinajstić information content (AvgIpc) is 3.31. The summed E-state index contributed by atoms with van der Waals surface area (Å²) in [6, 6.07) is 12.9. The van der Waals surface area contributed by atoms with Crippen LogP contribution in [0.3, 0.4) is 0 Å². The normalized spacial score (nSPS) is 22.3. The van der Waals surface area contributed by atoms with E-state index in [4.69, 9.17) is 33.4 Å². The summed E-state index contributed by atoms with van der Waals surface area (Å²) in [6.45, 7) is 4.32. The molecule has 1 aliphatic heterocycles. The van der Waals surface area contributed by atoms with Crippen LogP contribution in [0, 0.1) is 0 Å². The molecule has 3 aromatic rings. The largest absolute Gasteiger partial charge is 0.463 e. The van der Waals surface area contributed by atoms with E-state index in [1.807, 2.05) is 30.3 Å². The Hall–Kier alpha value is -3.55. The van der Waals surface area contributed by atoms with Crippen LogP contribution in [0.5, 0.6) is 5.75 Å². The molecule has 0 amide bonds. The predicted octanol–water partition coefficient (Wildman–Crippen LogP) is 4.19. The molecule has 0 saturated carbocycles. The van der Waals surface area contributed by atoms with Crippen molar-refractivity contribution >= 4 is 61.4 Å². The summed E-state index contributed by atoms with van der Waals surface area (Å²) in [5.74, 6) is -2.46. The summed E-state index contributed by atoms with van der Waals surface area (Å²) in [7, 11) is 0. The molecule has 0 radical (unpaired) electrons. The molecule has 0 spiro atoms. The number of rotatable bonds is 8. The van der Waals surface area contributed by atoms with Crippen molar-refractivity contribution in [3.05, 3.63) is 46.9 Å². The molecular formula is C27H26BrNO10S. The van der Waals surface area contributed by atoms with Crippen LogP contribution in [-0.2, 0) is 42.9 Å². The van der Waals surface area contributed by atoms with E-state index in [1.54, 1.807) is 12.1 Å². The van der Waals surface area contributed by atoms with Crippen LogP contribution >= 0.6 is 27.3 Å². The first-order valence-electron chi connectivity index (χ1n) is 12.1. The number of hydrogen-bond acceptors (Lipinski definition) is 12. The molecule has 1 saturated heterocycles. The van der Waals surface area contributed by atoms with E-state index in [0.29, 0.717) is 16.3 Å². The van der Waals surface area contributed by atoms with E-state index in [2.05, 4.69) is 15.9 Å². The highest BCUT2D eigenvalue weighted by atomic mass is 79.9. The topological polar surface area (TPSA) is 137 Å². The van der Waals surface area contributed by atoms with Crippen molar-refractivity contribution in [3.8, 4) is 16.3 Å². The summed E-state index contributed by atoms with van der Waals surface area (Å²) in [6.07, 6.45) is -6.47. The predicted molar refractivity (Wildman–Crippen MR) is 145 cm³/mol. The fourth-order valence-corrected chi connectivity index (χ4v) is 5.52. The van der Waals surface area contributed by atoms with E-state index in [1.165, 1.54) is 25.2 Å². The van der Waals surface area contributed by atoms with Crippen molar-refractivity contribution in [2.75, 3.05) is 6.61 Å². The molecule has 13 heteroatoms. The minimum Gasteiger partial charge on any atom is -0.463 e. The molecule has 2 heterocycles. The van der Waals surface area contributed by atoms with Crippen molar-refractivity contribution in [1.82, 2.24) is 4.98 Å². The zero-order chi connectivity index (χ0) is 29.0. The van der Waals surface area contributed by atoms with Crippen LogP contribution in [0.4, 0.5) is 0 Å². The maximum atomic E-state index is 12.1. The van der Waals surface area contributed by atoms with Crippen LogP contribution < -0.4 is 4.74 Å². The summed E-state index contributed by atoms with van der Waals surface area (Å²) in [5, 5.41) is 0.656. The van der Waals surface area contributed by atoms with Crippen molar-refractivity contribution in [2.24, 2.45) is 0 Å². The zero-order valence-electron chi connectivity index (χ0n) is 22.0. The summed E-state index contributed by atoms with van der Waals surface area (Å²) >= 11 is 4.94. The van der Waals surface area contributed by atoms with Gasteiger partial charge in [-0.05, 0) is 30.3 Å². The van der Waals surface area contributed by atoms with Crippen molar-refractivity contribution in [3.63, 3.8) is 0 Å². The number of esters is 4. The van der Waals surface area contributed by atoms with E-state index in [-0.39, 0.29) is 6.61 Å². The minimum atomic E-state index is -1.37. The summed E-state index contributed by atoms with van der Waals surface area (Å²) in [4.78, 5) is 52.5. The van der Waals surface area contributed by atoms with Crippen LogP contribution in [0.25, 0.3) is 20.8 Å². The third kappa shape index (κ3) is 7.14. The highest BCUT2D eigenvalue weighted by molar-refractivity contribution is 9.10. The molecule has 11 nitrogen and oxygen atoms in total. The highest BCUT2D eigenvalue weighted by Crippen LogP contribution is 2.39. The average molecular weight is 636 g/mol. The van der Waals surface area contributed by atoms with E-state index >= 15 is 0 Å². The first-order chi connectivity index (χ1) is 19.0. The molecule has 0 N–H and O–H groups in total. The number of fused-ring (bicyclic) bond motifs is 1. The van der Waals surface area contributed by atoms with Crippen molar-refractivity contribution in [2.45, 2.75) is 58.4 Å². The van der Waals surface area contributed by atoms with E-state index in [0.717, 1.165) is 28.5 Å². The molecule has 2 aromatic carbocycles. The van der Waals surface area contributed by atoms with Gasteiger partial charge in [-0.2, -0.15) is 0 Å². The van der Waals surface area contributed by atoms with Crippen LogP contribution in [0.1, 0.15) is 27.7 Å². The standard InChI is InChI=1S/C27H26BrNO10S/c1-13(30)34-12-21-23(35-14(2)31)24(36-15(3)32)25(37-16(4)33)27(39-21)38-20-10-9-17(28)11-18(20)26-29-19-7-5-6-8-22(19)40-26/h5-11,21,23-25,27H,12H2,1-4H3/t21-,23+,24+,25-,27-/m1/s1. The third-order valence-electron chi connectivity index (χ3n) is 5.66. The second-order valence-corrected chi connectivity index (χ2v) is 10.8. The number of hydrogen-bond donors (Lipinski definition) is 0. The van der Waals surface area contributed by atoms with Crippen molar-refractivity contribution in [1.29, 1.82) is 0 Å².